The van der Waals surface area contributed by atoms with Crippen LogP contribution in [0.5, 0.6) is 11.6 Å². The Balaban J connectivity index is 1.94. The van der Waals surface area contributed by atoms with Crippen LogP contribution < -0.4 is 14.8 Å². The van der Waals surface area contributed by atoms with Crippen molar-refractivity contribution in [1.82, 2.24) is 9.97 Å². The monoisotopic (exact) mass is 508 g/mol. The summed E-state index contributed by atoms with van der Waals surface area (Å²) in [6.45, 7) is 1.79. The molecule has 9 nitrogen and oxygen atoms in total. The molecule has 0 spiro atoms. The number of aromatic nitrogens is 2. The van der Waals surface area contributed by atoms with Gasteiger partial charge in [-0.25, -0.2) is 18.6 Å². The number of methoxy groups -OCH3 is 2. The van der Waals surface area contributed by atoms with E-state index in [0.29, 0.717) is 16.9 Å². The molecular formula is C23H26F2N4O5S. The van der Waals surface area contributed by atoms with E-state index in [1.807, 2.05) is 0 Å². The van der Waals surface area contributed by atoms with Gasteiger partial charge in [-0.15, -0.1) is 0 Å². The van der Waals surface area contributed by atoms with Gasteiger partial charge in [0, 0.05) is 29.0 Å². The zero-order valence-corrected chi connectivity index (χ0v) is 20.5. The molecule has 3 aromatic rings. The first-order chi connectivity index (χ1) is 16.6. The van der Waals surface area contributed by atoms with Gasteiger partial charge in [0.2, 0.25) is 5.88 Å². The van der Waals surface area contributed by atoms with Crippen molar-refractivity contribution in [2.24, 2.45) is 4.36 Å². The highest BCUT2D eigenvalue weighted by Crippen LogP contribution is 2.34. The Morgan fingerprint density at radius 1 is 1.11 bits per heavy atom. The van der Waals surface area contributed by atoms with E-state index < -0.39 is 27.8 Å². The van der Waals surface area contributed by atoms with Gasteiger partial charge >= 0.3 is 6.09 Å². The van der Waals surface area contributed by atoms with Crippen molar-refractivity contribution in [1.29, 1.82) is 0 Å². The van der Waals surface area contributed by atoms with Crippen LogP contribution in [0.3, 0.4) is 0 Å². The van der Waals surface area contributed by atoms with E-state index in [1.165, 1.54) is 38.7 Å². The van der Waals surface area contributed by atoms with E-state index in [1.54, 1.807) is 19.1 Å². The first-order valence-electron chi connectivity index (χ1n) is 10.4. The second-order valence-corrected chi connectivity index (χ2v) is 10.2. The molecule has 35 heavy (non-hydrogen) atoms. The van der Waals surface area contributed by atoms with E-state index >= 15 is 0 Å². The molecule has 0 atom stereocenters. The number of anilines is 2. The van der Waals surface area contributed by atoms with Crippen LogP contribution in [-0.4, -0.2) is 47.7 Å². The van der Waals surface area contributed by atoms with Crippen molar-refractivity contribution in [3.05, 3.63) is 59.8 Å². The summed E-state index contributed by atoms with van der Waals surface area (Å²) in [5.41, 5.74) is 1.08. The van der Waals surface area contributed by atoms with Crippen LogP contribution in [0, 0.1) is 11.6 Å². The molecule has 2 N–H and O–H groups in total. The van der Waals surface area contributed by atoms with Crippen LogP contribution in [0.15, 0.2) is 47.0 Å². The van der Waals surface area contributed by atoms with Gasteiger partial charge in [0.25, 0.3) is 0 Å². The number of rotatable bonds is 8. The Kier molecular flexibility index (Phi) is 8.30. The maximum atomic E-state index is 14.6. The Bertz CT molecular complexity index is 1280. The number of pyridine rings is 2. The number of amides is 1. The number of nitrogens with one attached hydrogen (secondary N) is 1. The van der Waals surface area contributed by atoms with E-state index in [0.717, 1.165) is 12.3 Å². The molecule has 188 valence electrons. The maximum absolute atomic E-state index is 14.6. The van der Waals surface area contributed by atoms with Crippen molar-refractivity contribution in [3.63, 3.8) is 0 Å². The molecule has 0 bridgehead atoms. The van der Waals surface area contributed by atoms with Crippen LogP contribution in [0.2, 0.25) is 0 Å². The number of carbonyl (C=O) groups is 1. The van der Waals surface area contributed by atoms with Gasteiger partial charge in [-0.2, -0.15) is 9.35 Å². The molecule has 0 radical (unpaired) electrons. The zero-order chi connectivity index (χ0) is 25.6. The summed E-state index contributed by atoms with van der Waals surface area (Å²) >= 11 is 0. The summed E-state index contributed by atoms with van der Waals surface area (Å²) in [7, 11) is -0.224. The highest BCUT2D eigenvalue weighted by molar-refractivity contribution is 7.98. The summed E-state index contributed by atoms with van der Waals surface area (Å²) < 4.78 is 57.8. The molecule has 12 heteroatoms. The fraction of sp³-hybridized carbons (Fsp3) is 0.261. The smallest absolute Gasteiger partial charge is 0.439 e. The second-order valence-electron chi connectivity index (χ2n) is 7.47. The highest BCUT2D eigenvalue weighted by Gasteiger charge is 2.15. The Morgan fingerprint density at radius 2 is 1.89 bits per heavy atom. The van der Waals surface area contributed by atoms with E-state index in [4.69, 9.17) is 14.2 Å². The maximum Gasteiger partial charge on any atom is 0.439 e. The third-order valence-corrected chi connectivity index (χ3v) is 6.24. The van der Waals surface area contributed by atoms with Crippen LogP contribution >= 0.6 is 0 Å². The highest BCUT2D eigenvalue weighted by atomic mass is 32.3. The minimum absolute atomic E-state index is 0.0637. The van der Waals surface area contributed by atoms with Gasteiger partial charge in [-0.05, 0) is 43.0 Å². The quantitative estimate of drug-likeness (QED) is 0.364. The van der Waals surface area contributed by atoms with Crippen LogP contribution in [-0.2, 0) is 20.6 Å². The van der Waals surface area contributed by atoms with Gasteiger partial charge in [0.1, 0.15) is 29.0 Å². The normalized spacial score (nSPS) is 11.5. The van der Waals surface area contributed by atoms with Crippen molar-refractivity contribution in [2.75, 3.05) is 32.4 Å². The lowest BCUT2D eigenvalue weighted by atomic mass is 10.0. The number of nitrogens with zero attached hydrogens (tertiary/aromatic N) is 3. The van der Waals surface area contributed by atoms with E-state index in [2.05, 4.69) is 19.6 Å². The third kappa shape index (κ3) is 6.93. The minimum Gasteiger partial charge on any atom is -0.496 e. The molecule has 2 aromatic heterocycles. The standard InChI is InChI=1S/C23H26F2N4O5S/c1-5-34-23(30)29-35(4,31)13-14-8-21(28-22(9-14)33-3)27-20-11-17(18(25)12-26-20)16-7-6-15(24)10-19(16)32-2/h6-12,35H,5,13H2,1-4H3,(H,26,27,28)(H,29,30,31). The van der Waals surface area contributed by atoms with Crippen molar-refractivity contribution in [2.45, 2.75) is 12.7 Å². The molecule has 1 amide bonds. The number of carbonyl (C=O) groups excluding carboxylic acids is 1. The molecule has 0 aliphatic heterocycles. The number of ether oxygens (including phenoxy) is 3. The number of halogens is 2. The number of hydrogen-bond donors (Lipinski definition) is 3. The van der Waals surface area contributed by atoms with Gasteiger partial charge in [0.15, 0.2) is 0 Å². The summed E-state index contributed by atoms with van der Waals surface area (Å²) in [5.74, 6) is -0.123. The van der Waals surface area contributed by atoms with Crippen molar-refractivity contribution < 1.29 is 32.3 Å². The molecule has 0 saturated carbocycles. The summed E-state index contributed by atoms with van der Waals surface area (Å²) in [5, 5.41) is 2.98. The largest absolute Gasteiger partial charge is 0.496 e. The first-order valence-corrected chi connectivity index (χ1v) is 12.8. The third-order valence-electron chi connectivity index (χ3n) is 4.68. The lowest BCUT2D eigenvalue weighted by molar-refractivity contribution is 0.164. The zero-order valence-electron chi connectivity index (χ0n) is 19.6. The average molecular weight is 509 g/mol. The Labute approximate surface area is 202 Å². The minimum atomic E-state index is -3.02. The predicted molar refractivity (Wildman–Crippen MR) is 131 cm³/mol. The summed E-state index contributed by atoms with van der Waals surface area (Å²) in [6, 6.07) is 8.45. The van der Waals surface area contributed by atoms with Gasteiger partial charge in [-0.3, -0.25) is 0 Å². The summed E-state index contributed by atoms with van der Waals surface area (Å²) in [6.07, 6.45) is 1.67. The van der Waals surface area contributed by atoms with Crippen LogP contribution in [0.4, 0.5) is 25.2 Å². The average Bonchev–Trinajstić information content (AvgIpc) is 2.79. The number of thiol groups is 1. The molecule has 0 unspecified atom stereocenters. The molecule has 0 aliphatic rings. The molecular weight excluding hydrogens is 482 g/mol. The fourth-order valence-corrected chi connectivity index (χ4v) is 4.62. The molecule has 2 heterocycles. The van der Waals surface area contributed by atoms with Crippen LogP contribution in [0.25, 0.3) is 11.1 Å². The van der Waals surface area contributed by atoms with Gasteiger partial charge < -0.3 is 24.1 Å². The summed E-state index contributed by atoms with van der Waals surface area (Å²) in [4.78, 5) is 20.0. The molecule has 1 aromatic carbocycles. The number of hydrogen-bond acceptors (Lipinski definition) is 7. The van der Waals surface area contributed by atoms with E-state index in [-0.39, 0.29) is 35.4 Å². The van der Waals surface area contributed by atoms with Crippen molar-refractivity contribution in [3.8, 4) is 22.8 Å². The number of benzene rings is 1. The topological polar surface area (TPSA) is 115 Å². The van der Waals surface area contributed by atoms with Gasteiger partial charge in [-0.1, -0.05) is 10.1 Å². The molecule has 0 fully saturated rings. The fourth-order valence-electron chi connectivity index (χ4n) is 3.26. The molecule has 0 saturated heterocycles. The lowest BCUT2D eigenvalue weighted by Gasteiger charge is -2.18. The SMILES string of the molecule is CCOC(=O)N=[SH](C)(O)Cc1cc(Nc2cc(-c3ccc(F)cc3OC)c(F)cn2)nc(OC)c1. The Morgan fingerprint density at radius 3 is 2.57 bits per heavy atom. The Hall–Kier alpha value is -3.64. The van der Waals surface area contributed by atoms with E-state index in [9.17, 15) is 18.1 Å². The van der Waals surface area contributed by atoms with Crippen molar-refractivity contribution >= 4 is 27.8 Å². The lowest BCUT2D eigenvalue weighted by Crippen LogP contribution is -2.14. The first kappa shape index (κ1) is 26.0. The molecule has 0 aliphatic carbocycles. The predicted octanol–water partition coefficient (Wildman–Crippen LogP) is 5.01. The molecule has 3 rings (SSSR count). The second kappa shape index (κ2) is 11.2. The van der Waals surface area contributed by atoms with Gasteiger partial charge in [0.05, 0.1) is 27.0 Å². The van der Waals surface area contributed by atoms with Crippen LogP contribution in [0.1, 0.15) is 12.5 Å².